The summed E-state index contributed by atoms with van der Waals surface area (Å²) in [4.78, 5) is 16.1. The van der Waals surface area contributed by atoms with E-state index >= 15 is 0 Å². The van der Waals surface area contributed by atoms with Crippen LogP contribution < -0.4 is 10.2 Å². The van der Waals surface area contributed by atoms with E-state index in [1.807, 2.05) is 18.2 Å². The smallest absolute Gasteiger partial charge is 0.410 e. The van der Waals surface area contributed by atoms with Crippen LogP contribution in [0.4, 0.5) is 10.5 Å². The van der Waals surface area contributed by atoms with E-state index in [2.05, 4.69) is 16.3 Å². The molecule has 6 heteroatoms. The molecule has 2 saturated heterocycles. The van der Waals surface area contributed by atoms with Crippen LogP contribution in [0.5, 0.6) is 0 Å². The van der Waals surface area contributed by atoms with Crippen molar-refractivity contribution in [2.24, 2.45) is 0 Å². The lowest BCUT2D eigenvalue weighted by atomic mass is 10.1. The third kappa shape index (κ3) is 3.69. The summed E-state index contributed by atoms with van der Waals surface area (Å²) in [6.45, 7) is 6.65. The molecule has 0 unspecified atom stereocenters. The summed E-state index contributed by atoms with van der Waals surface area (Å²) >= 11 is 0. The van der Waals surface area contributed by atoms with Crippen LogP contribution in [0.15, 0.2) is 24.3 Å². The lowest BCUT2D eigenvalue weighted by Gasteiger charge is -2.31. The van der Waals surface area contributed by atoms with Gasteiger partial charge in [-0.15, -0.1) is 0 Å². The van der Waals surface area contributed by atoms with Gasteiger partial charge in [0.05, 0.1) is 13.2 Å². The lowest BCUT2D eigenvalue weighted by molar-refractivity contribution is 0.0916. The van der Waals surface area contributed by atoms with E-state index in [4.69, 9.17) is 9.47 Å². The Hall–Kier alpha value is -1.79. The quantitative estimate of drug-likeness (QED) is 0.905. The highest BCUT2D eigenvalue weighted by atomic mass is 16.6. The first-order chi connectivity index (χ1) is 10.8. The molecule has 1 aromatic carbocycles. The van der Waals surface area contributed by atoms with E-state index in [1.54, 1.807) is 4.90 Å². The molecule has 0 aliphatic carbocycles. The monoisotopic (exact) mass is 305 g/mol. The second kappa shape index (κ2) is 7.47. The van der Waals surface area contributed by atoms with Crippen molar-refractivity contribution in [1.29, 1.82) is 0 Å². The van der Waals surface area contributed by atoms with Crippen molar-refractivity contribution in [3.63, 3.8) is 0 Å². The van der Waals surface area contributed by atoms with Crippen molar-refractivity contribution in [2.45, 2.75) is 6.61 Å². The zero-order valence-electron chi connectivity index (χ0n) is 12.8. The molecule has 2 heterocycles. The Morgan fingerprint density at radius 1 is 1.14 bits per heavy atom. The predicted octanol–water partition coefficient (Wildman–Crippen LogP) is 1.06. The van der Waals surface area contributed by atoms with Gasteiger partial charge < -0.3 is 24.6 Å². The first-order valence-electron chi connectivity index (χ1n) is 7.87. The molecule has 2 fully saturated rings. The average molecular weight is 305 g/mol. The molecule has 22 heavy (non-hydrogen) atoms. The van der Waals surface area contributed by atoms with Crippen LogP contribution in [0, 0.1) is 0 Å². The van der Waals surface area contributed by atoms with Crippen LogP contribution in [-0.2, 0) is 16.1 Å². The molecule has 2 aliphatic rings. The number of morpholine rings is 1. The Balaban J connectivity index is 1.60. The third-order valence-electron chi connectivity index (χ3n) is 4.07. The number of hydrogen-bond donors (Lipinski definition) is 1. The molecule has 2 aliphatic heterocycles. The largest absolute Gasteiger partial charge is 0.444 e. The van der Waals surface area contributed by atoms with Crippen LogP contribution in [0.25, 0.3) is 0 Å². The lowest BCUT2D eigenvalue weighted by Crippen LogP contribution is -2.46. The SMILES string of the molecule is O=C(OCc1ccccc1N1CCOCC1)N1CCNCC1. The molecule has 0 atom stereocenters. The fraction of sp³-hybridized carbons (Fsp3) is 0.562. The maximum atomic E-state index is 12.1. The number of para-hydroxylation sites is 1. The normalized spacial score (nSPS) is 19.1. The summed E-state index contributed by atoms with van der Waals surface area (Å²) in [7, 11) is 0. The maximum absolute atomic E-state index is 12.1. The van der Waals surface area contributed by atoms with Gasteiger partial charge in [0.25, 0.3) is 0 Å². The zero-order chi connectivity index (χ0) is 15.2. The standard InChI is InChI=1S/C16H23N3O3/c20-16(19-7-5-17-6-8-19)22-13-14-3-1-2-4-15(14)18-9-11-21-12-10-18/h1-4,17H,5-13H2. The molecule has 3 rings (SSSR count). The number of hydrogen-bond acceptors (Lipinski definition) is 5. The number of rotatable bonds is 3. The molecule has 0 aromatic heterocycles. The van der Waals surface area contributed by atoms with Gasteiger partial charge in [-0.3, -0.25) is 0 Å². The number of ether oxygens (including phenoxy) is 2. The first kappa shape index (κ1) is 15.1. The van der Waals surface area contributed by atoms with Gasteiger partial charge in [-0.25, -0.2) is 4.79 Å². The summed E-state index contributed by atoms with van der Waals surface area (Å²) in [5, 5.41) is 3.23. The second-order valence-corrected chi connectivity index (χ2v) is 5.52. The zero-order valence-corrected chi connectivity index (χ0v) is 12.8. The van der Waals surface area contributed by atoms with Crippen molar-refractivity contribution < 1.29 is 14.3 Å². The molecule has 120 valence electrons. The summed E-state index contributed by atoms with van der Waals surface area (Å²) in [5.74, 6) is 0. The van der Waals surface area contributed by atoms with E-state index in [0.717, 1.165) is 50.6 Å². The topological polar surface area (TPSA) is 54.0 Å². The van der Waals surface area contributed by atoms with E-state index in [9.17, 15) is 4.79 Å². The van der Waals surface area contributed by atoms with Gasteiger partial charge >= 0.3 is 6.09 Å². The van der Waals surface area contributed by atoms with E-state index in [-0.39, 0.29) is 6.09 Å². The van der Waals surface area contributed by atoms with Crippen molar-refractivity contribution >= 4 is 11.8 Å². The fourth-order valence-corrected chi connectivity index (χ4v) is 2.82. The van der Waals surface area contributed by atoms with Gasteiger partial charge in [-0.05, 0) is 6.07 Å². The van der Waals surface area contributed by atoms with Gasteiger partial charge in [0, 0.05) is 50.5 Å². The third-order valence-corrected chi connectivity index (χ3v) is 4.07. The van der Waals surface area contributed by atoms with Gasteiger partial charge in [0.2, 0.25) is 0 Å². The molecular formula is C16H23N3O3. The highest BCUT2D eigenvalue weighted by Crippen LogP contribution is 2.22. The second-order valence-electron chi connectivity index (χ2n) is 5.52. The Morgan fingerprint density at radius 2 is 1.86 bits per heavy atom. The Kier molecular flexibility index (Phi) is 5.13. The van der Waals surface area contributed by atoms with E-state index in [1.165, 1.54) is 0 Å². The Morgan fingerprint density at radius 3 is 2.64 bits per heavy atom. The first-order valence-corrected chi connectivity index (χ1v) is 7.87. The number of piperazine rings is 1. The van der Waals surface area contributed by atoms with Crippen molar-refractivity contribution in [3.8, 4) is 0 Å². The van der Waals surface area contributed by atoms with E-state index in [0.29, 0.717) is 19.7 Å². The number of benzene rings is 1. The van der Waals surface area contributed by atoms with E-state index < -0.39 is 0 Å². The van der Waals surface area contributed by atoms with Gasteiger partial charge in [-0.2, -0.15) is 0 Å². The predicted molar refractivity (Wildman–Crippen MR) is 84.1 cm³/mol. The average Bonchev–Trinajstić information content (AvgIpc) is 2.61. The minimum Gasteiger partial charge on any atom is -0.444 e. The number of nitrogens with zero attached hydrogens (tertiary/aromatic N) is 2. The van der Waals surface area contributed by atoms with Crippen LogP contribution in [0.1, 0.15) is 5.56 Å². The molecular weight excluding hydrogens is 282 g/mol. The highest BCUT2D eigenvalue weighted by Gasteiger charge is 2.19. The minimum absolute atomic E-state index is 0.224. The molecule has 6 nitrogen and oxygen atoms in total. The van der Waals surface area contributed by atoms with Crippen LogP contribution >= 0.6 is 0 Å². The number of anilines is 1. The van der Waals surface area contributed by atoms with Crippen molar-refractivity contribution in [3.05, 3.63) is 29.8 Å². The number of carbonyl (C=O) groups excluding carboxylic acids is 1. The van der Waals surface area contributed by atoms with Crippen molar-refractivity contribution in [1.82, 2.24) is 10.2 Å². The number of amides is 1. The van der Waals surface area contributed by atoms with Crippen LogP contribution in [0.3, 0.4) is 0 Å². The maximum Gasteiger partial charge on any atom is 0.410 e. The summed E-state index contributed by atoms with van der Waals surface area (Å²) < 4.78 is 10.9. The number of carbonyl (C=O) groups is 1. The molecule has 1 N–H and O–H groups in total. The Bertz CT molecular complexity index is 497. The van der Waals surface area contributed by atoms with Crippen molar-refractivity contribution in [2.75, 3.05) is 57.4 Å². The molecule has 0 saturated carbocycles. The minimum atomic E-state index is -0.224. The highest BCUT2D eigenvalue weighted by molar-refractivity contribution is 5.68. The van der Waals surface area contributed by atoms with Gasteiger partial charge in [0.15, 0.2) is 0 Å². The molecule has 0 bridgehead atoms. The fourth-order valence-electron chi connectivity index (χ4n) is 2.82. The molecule has 1 aromatic rings. The Labute approximate surface area is 131 Å². The summed E-state index contributed by atoms with van der Waals surface area (Å²) in [6, 6.07) is 8.11. The van der Waals surface area contributed by atoms with Crippen LogP contribution in [-0.4, -0.2) is 63.5 Å². The molecule has 0 spiro atoms. The molecule has 1 amide bonds. The summed E-state index contributed by atoms with van der Waals surface area (Å²) in [5.41, 5.74) is 2.19. The van der Waals surface area contributed by atoms with Gasteiger partial charge in [0.1, 0.15) is 6.61 Å². The van der Waals surface area contributed by atoms with Gasteiger partial charge in [-0.1, -0.05) is 18.2 Å². The number of nitrogens with one attached hydrogen (secondary N) is 1. The molecule has 0 radical (unpaired) electrons. The van der Waals surface area contributed by atoms with Crippen LogP contribution in [0.2, 0.25) is 0 Å². The summed E-state index contributed by atoms with van der Waals surface area (Å²) in [6.07, 6.45) is -0.224.